The molecule has 3 fully saturated rings. The molecule has 3 atom stereocenters. The van der Waals surface area contributed by atoms with Gasteiger partial charge in [0.25, 0.3) is 5.91 Å². The first kappa shape index (κ1) is 16.5. The Kier molecular flexibility index (Phi) is 3.77. The molecule has 5 rings (SSSR count). The third kappa shape index (κ3) is 2.33. The Balaban J connectivity index is 1.57. The summed E-state index contributed by atoms with van der Waals surface area (Å²) in [5, 5.41) is 4.33. The van der Waals surface area contributed by atoms with Gasteiger partial charge in [-0.05, 0) is 36.2 Å². The first-order valence-electron chi connectivity index (χ1n) is 9.31. The maximum absolute atomic E-state index is 13.4. The number of amides is 2. The van der Waals surface area contributed by atoms with Crippen molar-refractivity contribution in [3.63, 3.8) is 0 Å². The fourth-order valence-corrected chi connectivity index (χ4v) is 4.75. The molecule has 2 amide bonds. The molecule has 3 aliphatic rings. The summed E-state index contributed by atoms with van der Waals surface area (Å²) in [5.41, 5.74) is 1.70. The number of carbonyl (C=O) groups excluding carboxylic acids is 2. The first-order chi connectivity index (χ1) is 13.2. The zero-order chi connectivity index (χ0) is 18.5. The predicted octanol–water partition coefficient (Wildman–Crippen LogP) is 2.23. The number of hydrogen-bond donors (Lipinski definition) is 0. The molecule has 0 spiro atoms. The molecule has 2 aromatic carbocycles. The number of nitrogens with zero attached hydrogens (tertiary/aromatic N) is 3. The molecule has 6 heteroatoms. The summed E-state index contributed by atoms with van der Waals surface area (Å²) < 4.78 is 5.26. The Morgan fingerprint density at radius 3 is 2.19 bits per heavy atom. The molecular weight excluding hydrogens is 342 g/mol. The number of fused-ring (bicyclic) bond motifs is 3. The first-order valence-corrected chi connectivity index (χ1v) is 9.31. The molecule has 27 heavy (non-hydrogen) atoms. The minimum absolute atomic E-state index is 0.105. The van der Waals surface area contributed by atoms with E-state index in [1.807, 2.05) is 54.6 Å². The van der Waals surface area contributed by atoms with Crippen molar-refractivity contribution in [2.75, 3.05) is 25.1 Å². The van der Waals surface area contributed by atoms with Crippen LogP contribution in [0.3, 0.4) is 0 Å². The van der Waals surface area contributed by atoms with Gasteiger partial charge in [0.1, 0.15) is 11.8 Å². The van der Waals surface area contributed by atoms with E-state index in [1.165, 1.54) is 4.90 Å². The van der Waals surface area contributed by atoms with Crippen molar-refractivity contribution in [1.29, 1.82) is 0 Å². The summed E-state index contributed by atoms with van der Waals surface area (Å²) in [7, 11) is 1.64. The average Bonchev–Trinajstić information content (AvgIpc) is 3.35. The van der Waals surface area contributed by atoms with Crippen LogP contribution in [-0.4, -0.2) is 48.1 Å². The molecule has 0 unspecified atom stereocenters. The Morgan fingerprint density at radius 2 is 1.52 bits per heavy atom. The number of para-hydroxylation sites is 1. The second kappa shape index (κ2) is 6.18. The van der Waals surface area contributed by atoms with Crippen LogP contribution in [-0.2, 0) is 9.59 Å². The number of rotatable bonds is 3. The molecule has 3 aliphatic heterocycles. The molecule has 0 N–H and O–H groups in total. The summed E-state index contributed by atoms with van der Waals surface area (Å²) in [4.78, 5) is 28.0. The lowest BCUT2D eigenvalue weighted by Gasteiger charge is -2.29. The maximum Gasteiger partial charge on any atom is 0.253 e. The third-order valence-corrected chi connectivity index (χ3v) is 5.88. The quantitative estimate of drug-likeness (QED) is 0.783. The summed E-state index contributed by atoms with van der Waals surface area (Å²) in [5.74, 6) is 0.184. The van der Waals surface area contributed by atoms with Crippen molar-refractivity contribution in [1.82, 2.24) is 10.0 Å². The van der Waals surface area contributed by atoms with Crippen molar-refractivity contribution >= 4 is 17.5 Å². The van der Waals surface area contributed by atoms with Gasteiger partial charge in [-0.2, -0.15) is 0 Å². The highest BCUT2D eigenvalue weighted by Gasteiger charge is 2.62. The summed E-state index contributed by atoms with van der Waals surface area (Å²) in [6.07, 6.45) is 1.00. The number of carbonyl (C=O) groups is 2. The van der Waals surface area contributed by atoms with E-state index >= 15 is 0 Å². The highest BCUT2D eigenvalue weighted by atomic mass is 16.5. The minimum atomic E-state index is -0.410. The normalized spacial score (nSPS) is 27.9. The van der Waals surface area contributed by atoms with Crippen LogP contribution in [0.4, 0.5) is 5.69 Å². The summed E-state index contributed by atoms with van der Waals surface area (Å²) in [6, 6.07) is 16.6. The SMILES string of the molecule is COc1ccc([C@H]2[C@@H]3C(=O)N(c4ccccc4)C(=O)[C@H]3N3CCCN23)cc1. The fourth-order valence-electron chi connectivity index (χ4n) is 4.75. The van der Waals surface area contributed by atoms with Gasteiger partial charge in [-0.25, -0.2) is 14.9 Å². The van der Waals surface area contributed by atoms with Crippen LogP contribution in [0.25, 0.3) is 0 Å². The van der Waals surface area contributed by atoms with Gasteiger partial charge < -0.3 is 4.74 Å². The van der Waals surface area contributed by atoms with Gasteiger partial charge in [-0.3, -0.25) is 9.59 Å². The van der Waals surface area contributed by atoms with Gasteiger partial charge in [0.15, 0.2) is 0 Å². The molecule has 0 radical (unpaired) electrons. The second-order valence-corrected chi connectivity index (χ2v) is 7.22. The number of benzene rings is 2. The zero-order valence-corrected chi connectivity index (χ0v) is 15.1. The van der Waals surface area contributed by atoms with Crippen molar-refractivity contribution in [2.45, 2.75) is 18.5 Å². The average molecular weight is 363 g/mol. The Bertz CT molecular complexity index is 883. The van der Waals surface area contributed by atoms with Crippen LogP contribution in [0.15, 0.2) is 54.6 Å². The molecule has 0 bridgehead atoms. The molecule has 138 valence electrons. The molecule has 0 aliphatic carbocycles. The lowest BCUT2D eigenvalue weighted by molar-refractivity contribution is -0.126. The Hall–Kier alpha value is -2.70. The number of imide groups is 1. The molecule has 6 nitrogen and oxygen atoms in total. The Labute approximate surface area is 157 Å². The topological polar surface area (TPSA) is 53.1 Å². The van der Waals surface area contributed by atoms with Crippen molar-refractivity contribution < 1.29 is 14.3 Å². The molecule has 3 saturated heterocycles. The van der Waals surface area contributed by atoms with Crippen molar-refractivity contribution in [3.8, 4) is 5.75 Å². The number of anilines is 1. The second-order valence-electron chi connectivity index (χ2n) is 7.22. The van der Waals surface area contributed by atoms with E-state index in [-0.39, 0.29) is 23.8 Å². The third-order valence-electron chi connectivity index (χ3n) is 5.88. The molecule has 0 aromatic heterocycles. The van der Waals surface area contributed by atoms with Crippen LogP contribution in [0.1, 0.15) is 18.0 Å². The van der Waals surface area contributed by atoms with Gasteiger partial charge >= 0.3 is 0 Å². The van der Waals surface area contributed by atoms with Crippen LogP contribution >= 0.6 is 0 Å². The predicted molar refractivity (Wildman–Crippen MR) is 100.0 cm³/mol. The van der Waals surface area contributed by atoms with Gasteiger partial charge in [-0.1, -0.05) is 30.3 Å². The maximum atomic E-state index is 13.4. The van der Waals surface area contributed by atoms with Crippen LogP contribution in [0, 0.1) is 5.92 Å². The monoisotopic (exact) mass is 363 g/mol. The van der Waals surface area contributed by atoms with E-state index in [2.05, 4.69) is 10.0 Å². The van der Waals surface area contributed by atoms with Crippen molar-refractivity contribution in [3.05, 3.63) is 60.2 Å². The van der Waals surface area contributed by atoms with E-state index in [0.717, 1.165) is 30.8 Å². The van der Waals surface area contributed by atoms with Gasteiger partial charge in [0, 0.05) is 13.1 Å². The number of ether oxygens (including phenoxy) is 1. The van der Waals surface area contributed by atoms with E-state index < -0.39 is 6.04 Å². The van der Waals surface area contributed by atoms with E-state index in [4.69, 9.17) is 4.74 Å². The number of methoxy groups -OCH3 is 1. The lowest BCUT2D eigenvalue weighted by atomic mass is 9.90. The highest BCUT2D eigenvalue weighted by Crippen LogP contribution is 2.48. The smallest absolute Gasteiger partial charge is 0.253 e. The van der Waals surface area contributed by atoms with E-state index in [9.17, 15) is 9.59 Å². The zero-order valence-electron chi connectivity index (χ0n) is 15.1. The van der Waals surface area contributed by atoms with Crippen LogP contribution in [0.2, 0.25) is 0 Å². The largest absolute Gasteiger partial charge is 0.497 e. The van der Waals surface area contributed by atoms with E-state index in [1.54, 1.807) is 7.11 Å². The van der Waals surface area contributed by atoms with Crippen LogP contribution < -0.4 is 9.64 Å². The fraction of sp³-hybridized carbons (Fsp3) is 0.333. The van der Waals surface area contributed by atoms with Crippen molar-refractivity contribution in [2.24, 2.45) is 5.92 Å². The molecule has 2 aromatic rings. The minimum Gasteiger partial charge on any atom is -0.497 e. The van der Waals surface area contributed by atoms with Gasteiger partial charge in [0.05, 0.1) is 24.8 Å². The van der Waals surface area contributed by atoms with Gasteiger partial charge in [0.2, 0.25) is 5.91 Å². The van der Waals surface area contributed by atoms with Crippen LogP contribution in [0.5, 0.6) is 5.75 Å². The standard InChI is InChI=1S/C21H21N3O3/c1-27-16-10-8-14(9-11-16)18-17-19(23-13-5-12-22(18)23)21(26)24(20(17)25)15-6-3-2-4-7-15/h2-4,6-11,17-19H,5,12-13H2,1H3/t17-,18-,19-/m0/s1. The molecule has 0 saturated carbocycles. The number of hydrogen-bond acceptors (Lipinski definition) is 5. The number of hydrazine groups is 1. The van der Waals surface area contributed by atoms with Gasteiger partial charge in [-0.15, -0.1) is 0 Å². The Morgan fingerprint density at radius 1 is 0.852 bits per heavy atom. The summed E-state index contributed by atoms with van der Waals surface area (Å²) in [6.45, 7) is 1.69. The highest BCUT2D eigenvalue weighted by molar-refractivity contribution is 6.24. The molecule has 3 heterocycles. The molecular formula is C21H21N3O3. The summed E-state index contributed by atoms with van der Waals surface area (Å²) >= 11 is 0. The van der Waals surface area contributed by atoms with E-state index in [0.29, 0.717) is 5.69 Å². The lowest BCUT2D eigenvalue weighted by Crippen LogP contribution is -2.44.